The number of benzene rings is 1. The van der Waals surface area contributed by atoms with Crippen LogP contribution in [0.25, 0.3) is 0 Å². The maximum absolute atomic E-state index is 9.50. The lowest BCUT2D eigenvalue weighted by Crippen LogP contribution is -2.35. The number of aromatic hydroxyl groups is 1. The second kappa shape index (κ2) is 6.48. The minimum atomic E-state index is 0.313. The van der Waals surface area contributed by atoms with Crippen LogP contribution in [0.2, 0.25) is 0 Å². The monoisotopic (exact) mass is 265 g/mol. The van der Waals surface area contributed by atoms with Crippen LogP contribution in [0.4, 0.5) is 0 Å². The summed E-state index contributed by atoms with van der Waals surface area (Å²) in [6.07, 6.45) is 7.41. The van der Waals surface area contributed by atoms with Crippen LogP contribution in [0.5, 0.6) is 5.75 Å². The van der Waals surface area contributed by atoms with Gasteiger partial charge in [-0.1, -0.05) is 12.1 Å². The van der Waals surface area contributed by atoms with E-state index in [9.17, 15) is 5.11 Å². The zero-order valence-electron chi connectivity index (χ0n) is 11.2. The molecule has 1 saturated carbocycles. The van der Waals surface area contributed by atoms with Crippen molar-refractivity contribution in [2.45, 2.75) is 49.9 Å². The van der Waals surface area contributed by atoms with Gasteiger partial charge in [0.15, 0.2) is 0 Å². The van der Waals surface area contributed by atoms with Gasteiger partial charge < -0.3 is 10.4 Å². The van der Waals surface area contributed by atoms with Crippen molar-refractivity contribution in [3.05, 3.63) is 29.8 Å². The third-order valence-corrected chi connectivity index (χ3v) is 5.00. The fourth-order valence-corrected chi connectivity index (χ4v) is 3.45. The van der Waals surface area contributed by atoms with E-state index in [4.69, 9.17) is 0 Å². The Hall–Kier alpha value is -0.670. The maximum Gasteiger partial charge on any atom is 0.115 e. The molecule has 1 atom stereocenters. The minimum Gasteiger partial charge on any atom is -0.508 e. The molecule has 0 bridgehead atoms. The number of thioether (sulfide) groups is 1. The fourth-order valence-electron chi connectivity index (χ4n) is 2.71. The average molecular weight is 265 g/mol. The van der Waals surface area contributed by atoms with Crippen molar-refractivity contribution in [1.29, 1.82) is 0 Å². The van der Waals surface area contributed by atoms with Crippen LogP contribution < -0.4 is 5.32 Å². The lowest BCUT2D eigenvalue weighted by molar-refractivity contribution is 0.351. The molecule has 1 aliphatic rings. The minimum absolute atomic E-state index is 0.313. The molecule has 0 saturated heterocycles. The standard InChI is InChI=1S/C15H23NOS/c1-11(12-4-3-5-14(17)10-12)16-13-6-8-15(18-2)9-7-13/h3-5,10-11,13,15-17H,6-9H2,1-2H3. The van der Waals surface area contributed by atoms with E-state index >= 15 is 0 Å². The lowest BCUT2D eigenvalue weighted by Gasteiger charge is -2.30. The predicted molar refractivity (Wildman–Crippen MR) is 79.2 cm³/mol. The van der Waals surface area contributed by atoms with Gasteiger partial charge >= 0.3 is 0 Å². The first-order valence-electron chi connectivity index (χ1n) is 6.77. The summed E-state index contributed by atoms with van der Waals surface area (Å²) in [6, 6.07) is 8.50. The van der Waals surface area contributed by atoms with E-state index in [-0.39, 0.29) is 0 Å². The summed E-state index contributed by atoms with van der Waals surface area (Å²) in [5.74, 6) is 0.354. The fraction of sp³-hybridized carbons (Fsp3) is 0.600. The van der Waals surface area contributed by atoms with Gasteiger partial charge in [-0.25, -0.2) is 0 Å². The summed E-state index contributed by atoms with van der Waals surface area (Å²) in [5.41, 5.74) is 1.17. The summed E-state index contributed by atoms with van der Waals surface area (Å²) in [5, 5.41) is 14.1. The second-order valence-corrected chi connectivity index (χ2v) is 6.33. The highest BCUT2D eigenvalue weighted by molar-refractivity contribution is 7.99. The van der Waals surface area contributed by atoms with Gasteiger partial charge in [0.1, 0.15) is 5.75 Å². The van der Waals surface area contributed by atoms with Crippen molar-refractivity contribution in [3.8, 4) is 5.75 Å². The van der Waals surface area contributed by atoms with E-state index in [1.165, 1.54) is 31.2 Å². The molecule has 1 aromatic rings. The molecule has 0 aromatic heterocycles. The van der Waals surface area contributed by atoms with E-state index in [0.717, 1.165) is 5.25 Å². The number of phenols is 1. The normalized spacial score (nSPS) is 25.9. The first-order chi connectivity index (χ1) is 8.69. The summed E-state index contributed by atoms with van der Waals surface area (Å²) in [4.78, 5) is 0. The molecule has 100 valence electrons. The van der Waals surface area contributed by atoms with Crippen LogP contribution >= 0.6 is 11.8 Å². The maximum atomic E-state index is 9.50. The molecular formula is C15H23NOS. The van der Waals surface area contributed by atoms with Crippen LogP contribution in [-0.4, -0.2) is 22.7 Å². The van der Waals surface area contributed by atoms with Gasteiger partial charge in [-0.05, 0) is 56.6 Å². The Morgan fingerprint density at radius 2 is 2.00 bits per heavy atom. The van der Waals surface area contributed by atoms with Crippen LogP contribution in [0.1, 0.15) is 44.2 Å². The van der Waals surface area contributed by atoms with Crippen LogP contribution in [0, 0.1) is 0 Å². The molecule has 2 N–H and O–H groups in total. The lowest BCUT2D eigenvalue weighted by atomic mass is 9.93. The quantitative estimate of drug-likeness (QED) is 0.870. The smallest absolute Gasteiger partial charge is 0.115 e. The molecule has 2 rings (SSSR count). The van der Waals surface area contributed by atoms with E-state index in [0.29, 0.717) is 17.8 Å². The van der Waals surface area contributed by atoms with Crippen molar-refractivity contribution >= 4 is 11.8 Å². The van der Waals surface area contributed by atoms with Crippen molar-refractivity contribution in [2.24, 2.45) is 0 Å². The van der Waals surface area contributed by atoms with Crippen molar-refractivity contribution in [1.82, 2.24) is 5.32 Å². The van der Waals surface area contributed by atoms with Gasteiger partial charge in [-0.2, -0.15) is 11.8 Å². The van der Waals surface area contributed by atoms with Gasteiger partial charge in [0, 0.05) is 17.3 Å². The predicted octanol–water partition coefficient (Wildman–Crippen LogP) is 3.72. The van der Waals surface area contributed by atoms with Crippen LogP contribution in [-0.2, 0) is 0 Å². The Labute approximate surface area is 114 Å². The highest BCUT2D eigenvalue weighted by atomic mass is 32.2. The molecule has 0 spiro atoms. The molecule has 1 fully saturated rings. The molecule has 18 heavy (non-hydrogen) atoms. The van der Waals surface area contributed by atoms with Crippen LogP contribution in [0.15, 0.2) is 24.3 Å². The molecule has 1 aliphatic carbocycles. The third kappa shape index (κ3) is 3.66. The Kier molecular flexibility index (Phi) is 4.95. The van der Waals surface area contributed by atoms with E-state index in [2.05, 4.69) is 24.6 Å². The van der Waals surface area contributed by atoms with Gasteiger partial charge in [-0.3, -0.25) is 0 Å². The van der Waals surface area contributed by atoms with Gasteiger partial charge in [0.25, 0.3) is 0 Å². The topological polar surface area (TPSA) is 32.3 Å². The molecule has 0 amide bonds. The molecule has 0 radical (unpaired) electrons. The Morgan fingerprint density at radius 1 is 1.28 bits per heavy atom. The Bertz CT molecular complexity index is 375. The van der Waals surface area contributed by atoms with Crippen LogP contribution in [0.3, 0.4) is 0 Å². The molecule has 1 unspecified atom stereocenters. The average Bonchev–Trinajstić information content (AvgIpc) is 2.39. The summed E-state index contributed by atoms with van der Waals surface area (Å²) < 4.78 is 0. The number of nitrogens with one attached hydrogen (secondary N) is 1. The molecule has 3 heteroatoms. The second-order valence-electron chi connectivity index (χ2n) is 5.19. The van der Waals surface area contributed by atoms with E-state index in [1.54, 1.807) is 6.07 Å². The zero-order chi connectivity index (χ0) is 13.0. The Balaban J connectivity index is 1.86. The van der Waals surface area contributed by atoms with Crippen molar-refractivity contribution in [2.75, 3.05) is 6.26 Å². The molecule has 0 aliphatic heterocycles. The number of rotatable bonds is 4. The van der Waals surface area contributed by atoms with Crippen molar-refractivity contribution in [3.63, 3.8) is 0 Å². The van der Waals surface area contributed by atoms with Crippen molar-refractivity contribution < 1.29 is 5.11 Å². The zero-order valence-corrected chi connectivity index (χ0v) is 12.0. The molecule has 2 nitrogen and oxygen atoms in total. The van der Waals surface area contributed by atoms with Gasteiger partial charge in [0.05, 0.1) is 0 Å². The Morgan fingerprint density at radius 3 is 2.61 bits per heavy atom. The third-order valence-electron chi connectivity index (χ3n) is 3.86. The van der Waals surface area contributed by atoms with Gasteiger partial charge in [-0.15, -0.1) is 0 Å². The van der Waals surface area contributed by atoms with E-state index in [1.807, 2.05) is 23.9 Å². The number of phenolic OH excluding ortho intramolecular Hbond substituents is 1. The molecule has 1 aromatic carbocycles. The van der Waals surface area contributed by atoms with Gasteiger partial charge in [0.2, 0.25) is 0 Å². The largest absolute Gasteiger partial charge is 0.508 e. The molecular weight excluding hydrogens is 242 g/mol. The first-order valence-corrected chi connectivity index (χ1v) is 8.05. The summed E-state index contributed by atoms with van der Waals surface area (Å²) >= 11 is 2.00. The first kappa shape index (κ1) is 13.8. The SMILES string of the molecule is CSC1CCC(NC(C)c2cccc(O)c2)CC1. The highest BCUT2D eigenvalue weighted by Crippen LogP contribution is 2.28. The number of hydrogen-bond donors (Lipinski definition) is 2. The highest BCUT2D eigenvalue weighted by Gasteiger charge is 2.21. The number of hydrogen-bond acceptors (Lipinski definition) is 3. The van der Waals surface area contributed by atoms with E-state index < -0.39 is 0 Å². The summed E-state index contributed by atoms with van der Waals surface area (Å²) in [7, 11) is 0. The molecule has 0 heterocycles. The summed E-state index contributed by atoms with van der Waals surface area (Å²) in [6.45, 7) is 2.18.